The zero-order valence-corrected chi connectivity index (χ0v) is 14.5. The third-order valence-electron chi connectivity index (χ3n) is 3.73. The van der Waals surface area contributed by atoms with Crippen LogP contribution in [0.2, 0.25) is 0 Å². The molecule has 1 aromatic heterocycles. The fraction of sp³-hybridized carbons (Fsp3) is 0.333. The van der Waals surface area contributed by atoms with Gasteiger partial charge in [0.25, 0.3) is 0 Å². The van der Waals surface area contributed by atoms with Crippen LogP contribution in [0.4, 0.5) is 4.79 Å². The van der Waals surface area contributed by atoms with Gasteiger partial charge in [0, 0.05) is 18.3 Å². The predicted molar refractivity (Wildman–Crippen MR) is 93.7 cm³/mol. The first kappa shape index (κ1) is 18.5. The van der Waals surface area contributed by atoms with Crippen molar-refractivity contribution in [2.24, 2.45) is 0 Å². The first-order chi connectivity index (χ1) is 12.0. The summed E-state index contributed by atoms with van der Waals surface area (Å²) in [6.45, 7) is 1.87. The maximum absolute atomic E-state index is 12.0. The number of nitrogens with one attached hydrogen (secondary N) is 2. The molecule has 2 aromatic rings. The quantitative estimate of drug-likeness (QED) is 0.715. The maximum atomic E-state index is 12.0. The van der Waals surface area contributed by atoms with Gasteiger partial charge in [-0.1, -0.05) is 6.07 Å². The molecule has 0 unspecified atom stereocenters. The molecule has 1 heterocycles. The highest BCUT2D eigenvalue weighted by molar-refractivity contribution is 5.74. The van der Waals surface area contributed by atoms with Gasteiger partial charge in [-0.2, -0.15) is 0 Å². The van der Waals surface area contributed by atoms with Crippen molar-refractivity contribution < 1.29 is 19.4 Å². The molecule has 25 heavy (non-hydrogen) atoms. The highest BCUT2D eigenvalue weighted by Crippen LogP contribution is 2.29. The normalized spacial score (nSPS) is 12.8. The highest BCUT2D eigenvalue weighted by atomic mass is 16.5. The number of pyridine rings is 1. The number of aliphatic hydroxyl groups is 1. The number of urea groups is 1. The molecule has 2 amide bonds. The molecule has 0 radical (unpaired) electrons. The number of rotatable bonds is 7. The lowest BCUT2D eigenvalue weighted by Crippen LogP contribution is -2.39. The molecule has 0 aliphatic heterocycles. The Hall–Kier alpha value is -2.80. The second-order valence-corrected chi connectivity index (χ2v) is 5.45. The summed E-state index contributed by atoms with van der Waals surface area (Å²) in [6, 6.07) is 10.00. The van der Waals surface area contributed by atoms with Gasteiger partial charge < -0.3 is 25.2 Å². The van der Waals surface area contributed by atoms with Gasteiger partial charge in [-0.25, -0.2) is 4.79 Å². The minimum Gasteiger partial charge on any atom is -0.497 e. The van der Waals surface area contributed by atoms with Gasteiger partial charge in [-0.3, -0.25) is 4.98 Å². The Labute approximate surface area is 147 Å². The van der Waals surface area contributed by atoms with Crippen molar-refractivity contribution in [3.05, 3.63) is 53.9 Å². The zero-order valence-electron chi connectivity index (χ0n) is 14.5. The fourth-order valence-corrected chi connectivity index (χ4v) is 2.35. The number of hydrogen-bond acceptors (Lipinski definition) is 5. The molecule has 0 saturated heterocycles. The number of aliphatic hydroxyl groups excluding tert-OH is 1. The van der Waals surface area contributed by atoms with Crippen LogP contribution >= 0.6 is 0 Å². The van der Waals surface area contributed by atoms with E-state index in [9.17, 15) is 9.90 Å². The number of carbonyl (C=O) groups is 1. The Morgan fingerprint density at radius 2 is 2.04 bits per heavy atom. The van der Waals surface area contributed by atoms with Gasteiger partial charge in [0.15, 0.2) is 0 Å². The molecule has 7 nitrogen and oxygen atoms in total. The Balaban J connectivity index is 1.93. The number of methoxy groups -OCH3 is 2. The Bertz CT molecular complexity index is 694. The molecule has 2 atom stereocenters. The van der Waals surface area contributed by atoms with Gasteiger partial charge >= 0.3 is 6.03 Å². The van der Waals surface area contributed by atoms with E-state index in [-0.39, 0.29) is 18.6 Å². The monoisotopic (exact) mass is 345 g/mol. The van der Waals surface area contributed by atoms with Crippen LogP contribution in [0.25, 0.3) is 0 Å². The van der Waals surface area contributed by atoms with Gasteiger partial charge in [0.05, 0.1) is 26.0 Å². The SMILES string of the molecule is COc1ccc(OC)c([C@@H](O)CNC(=O)N[C@@H](C)c2ccccn2)c1. The van der Waals surface area contributed by atoms with Crippen molar-refractivity contribution in [1.29, 1.82) is 0 Å². The molecule has 1 aromatic carbocycles. The minimum absolute atomic E-state index is 0.0320. The van der Waals surface area contributed by atoms with Crippen molar-refractivity contribution in [3.63, 3.8) is 0 Å². The van der Waals surface area contributed by atoms with E-state index >= 15 is 0 Å². The third kappa shape index (κ3) is 5.09. The summed E-state index contributed by atoms with van der Waals surface area (Å²) in [5.74, 6) is 1.13. The molecule has 2 rings (SSSR count). The molecular weight excluding hydrogens is 322 g/mol. The number of carbonyl (C=O) groups excluding carboxylic acids is 1. The van der Waals surface area contributed by atoms with Gasteiger partial charge in [0.2, 0.25) is 0 Å². The second-order valence-electron chi connectivity index (χ2n) is 5.45. The minimum atomic E-state index is -0.930. The Kier molecular flexibility index (Phi) is 6.59. The molecular formula is C18H23N3O4. The van der Waals surface area contributed by atoms with Crippen molar-refractivity contribution in [3.8, 4) is 11.5 Å². The number of ether oxygens (including phenoxy) is 2. The smallest absolute Gasteiger partial charge is 0.315 e. The number of benzene rings is 1. The van der Waals surface area contributed by atoms with Crippen LogP contribution in [0.15, 0.2) is 42.6 Å². The van der Waals surface area contributed by atoms with Crippen LogP contribution in [-0.4, -0.2) is 36.9 Å². The van der Waals surface area contributed by atoms with E-state index in [1.807, 2.05) is 25.1 Å². The zero-order chi connectivity index (χ0) is 18.2. The number of amides is 2. The topological polar surface area (TPSA) is 92.7 Å². The standard InChI is InChI=1S/C18H23N3O4/c1-12(15-6-4-5-9-19-15)21-18(23)20-11-16(22)14-10-13(24-2)7-8-17(14)25-3/h4-10,12,16,22H,11H2,1-3H3,(H2,20,21,23)/t12-,16-/m0/s1. The fourth-order valence-electron chi connectivity index (χ4n) is 2.35. The second kappa shape index (κ2) is 8.89. The van der Waals surface area contributed by atoms with E-state index < -0.39 is 6.10 Å². The molecule has 134 valence electrons. The molecule has 0 fully saturated rings. The number of aromatic nitrogens is 1. The van der Waals surface area contributed by atoms with Crippen molar-refractivity contribution >= 4 is 6.03 Å². The summed E-state index contributed by atoms with van der Waals surface area (Å²) in [5.41, 5.74) is 1.30. The van der Waals surface area contributed by atoms with Crippen LogP contribution in [-0.2, 0) is 0 Å². The summed E-state index contributed by atoms with van der Waals surface area (Å²) in [4.78, 5) is 16.2. The van der Waals surface area contributed by atoms with E-state index in [2.05, 4.69) is 15.6 Å². The lowest BCUT2D eigenvalue weighted by atomic mass is 10.1. The lowest BCUT2D eigenvalue weighted by Gasteiger charge is -2.18. The van der Waals surface area contributed by atoms with Gasteiger partial charge in [-0.15, -0.1) is 0 Å². The summed E-state index contributed by atoms with van der Waals surface area (Å²) >= 11 is 0. The number of nitrogens with zero attached hydrogens (tertiary/aromatic N) is 1. The first-order valence-electron chi connectivity index (χ1n) is 7.90. The molecule has 0 saturated carbocycles. The average Bonchev–Trinajstić information content (AvgIpc) is 2.66. The van der Waals surface area contributed by atoms with Crippen molar-refractivity contribution in [1.82, 2.24) is 15.6 Å². The van der Waals surface area contributed by atoms with Crippen LogP contribution in [0.5, 0.6) is 11.5 Å². The largest absolute Gasteiger partial charge is 0.497 e. The van der Waals surface area contributed by atoms with Crippen molar-refractivity contribution in [2.75, 3.05) is 20.8 Å². The van der Waals surface area contributed by atoms with Crippen molar-refractivity contribution in [2.45, 2.75) is 19.1 Å². The maximum Gasteiger partial charge on any atom is 0.315 e. The summed E-state index contributed by atoms with van der Waals surface area (Å²) in [6.07, 6.45) is 0.741. The third-order valence-corrected chi connectivity index (χ3v) is 3.73. The van der Waals surface area contributed by atoms with Crippen LogP contribution in [0.3, 0.4) is 0 Å². The molecule has 0 aliphatic rings. The van der Waals surface area contributed by atoms with Crippen LogP contribution < -0.4 is 20.1 Å². The Morgan fingerprint density at radius 1 is 1.24 bits per heavy atom. The van der Waals surface area contributed by atoms with E-state index in [0.29, 0.717) is 17.1 Å². The van der Waals surface area contributed by atoms with Crippen LogP contribution in [0, 0.1) is 0 Å². The molecule has 0 spiro atoms. The molecule has 0 aliphatic carbocycles. The summed E-state index contributed by atoms with van der Waals surface area (Å²) in [7, 11) is 3.06. The first-order valence-corrected chi connectivity index (χ1v) is 7.90. The van der Waals surface area contributed by atoms with Gasteiger partial charge in [0.1, 0.15) is 17.6 Å². The van der Waals surface area contributed by atoms with Gasteiger partial charge in [-0.05, 0) is 37.3 Å². The Morgan fingerprint density at radius 3 is 2.68 bits per heavy atom. The predicted octanol–water partition coefficient (Wildman–Crippen LogP) is 2.19. The van der Waals surface area contributed by atoms with E-state index in [1.54, 1.807) is 31.5 Å². The van der Waals surface area contributed by atoms with Crippen LogP contribution in [0.1, 0.15) is 30.3 Å². The molecule has 7 heteroatoms. The molecule has 3 N–H and O–H groups in total. The van der Waals surface area contributed by atoms with E-state index in [4.69, 9.17) is 9.47 Å². The number of hydrogen-bond donors (Lipinski definition) is 3. The average molecular weight is 345 g/mol. The summed E-state index contributed by atoms with van der Waals surface area (Å²) in [5, 5.41) is 15.8. The highest BCUT2D eigenvalue weighted by Gasteiger charge is 2.16. The molecule has 0 bridgehead atoms. The lowest BCUT2D eigenvalue weighted by molar-refractivity contribution is 0.168. The summed E-state index contributed by atoms with van der Waals surface area (Å²) < 4.78 is 10.4. The van der Waals surface area contributed by atoms with E-state index in [0.717, 1.165) is 5.69 Å². The van der Waals surface area contributed by atoms with E-state index in [1.165, 1.54) is 7.11 Å².